The van der Waals surface area contributed by atoms with Crippen molar-refractivity contribution in [3.05, 3.63) is 65.5 Å². The molecule has 0 fully saturated rings. The largest absolute Gasteiger partial charge is 0.494 e. The van der Waals surface area contributed by atoms with Crippen LogP contribution in [0.3, 0.4) is 0 Å². The van der Waals surface area contributed by atoms with Gasteiger partial charge < -0.3 is 14.1 Å². The Kier molecular flexibility index (Phi) is 6.64. The van der Waals surface area contributed by atoms with E-state index < -0.39 is 10.0 Å². The summed E-state index contributed by atoms with van der Waals surface area (Å²) in [7, 11) is -0.741. The Bertz CT molecular complexity index is 1490. The molecule has 35 heavy (non-hydrogen) atoms. The highest BCUT2D eigenvalue weighted by atomic mass is 32.2. The number of Topliss-reactive ketones (excluding diaryl/α,β-unsaturated/α-hetero) is 1. The third-order valence-corrected chi connectivity index (χ3v) is 7.43. The average Bonchev–Trinajstić information content (AvgIpc) is 3.37. The minimum atomic E-state index is -3.65. The number of sulfonamides is 1. The first-order valence-corrected chi connectivity index (χ1v) is 12.4. The zero-order valence-corrected chi connectivity index (χ0v) is 21.0. The van der Waals surface area contributed by atoms with E-state index in [4.69, 9.17) is 9.57 Å². The highest BCUT2D eigenvalue weighted by Crippen LogP contribution is 2.24. The molecule has 10 nitrogen and oxygen atoms in total. The van der Waals surface area contributed by atoms with Crippen molar-refractivity contribution in [2.24, 2.45) is 0 Å². The molecule has 0 saturated heterocycles. The molecule has 0 spiro atoms. The maximum Gasteiger partial charge on any atom is 0.242 e. The van der Waals surface area contributed by atoms with E-state index in [0.29, 0.717) is 23.2 Å². The second kappa shape index (κ2) is 9.51. The van der Waals surface area contributed by atoms with Gasteiger partial charge in [-0.25, -0.2) is 12.7 Å². The number of ether oxygens (including phenoxy) is 1. The average molecular weight is 498 g/mol. The molecular weight excluding hydrogens is 470 g/mol. The zero-order valence-electron chi connectivity index (χ0n) is 20.2. The molecule has 0 saturated carbocycles. The van der Waals surface area contributed by atoms with Crippen molar-refractivity contribution in [1.29, 1.82) is 0 Å². The minimum absolute atomic E-state index is 0.0763. The summed E-state index contributed by atoms with van der Waals surface area (Å²) in [5.41, 5.74) is 3.92. The Hall–Kier alpha value is -3.70. The van der Waals surface area contributed by atoms with Gasteiger partial charge in [-0.15, -0.1) is 5.10 Å². The van der Waals surface area contributed by atoms with Crippen LogP contribution in [0.4, 0.5) is 0 Å². The Morgan fingerprint density at radius 2 is 1.77 bits per heavy atom. The number of nitrogens with zero attached hydrogens (tertiary/aromatic N) is 5. The summed E-state index contributed by atoms with van der Waals surface area (Å²) in [5, 5.41) is 7.90. The van der Waals surface area contributed by atoms with Gasteiger partial charge in [-0.2, -0.15) is 0 Å². The number of aryl methyl sites for hydroxylation is 1. The highest BCUT2D eigenvalue weighted by molar-refractivity contribution is 7.89. The molecule has 4 rings (SSSR count). The predicted molar refractivity (Wildman–Crippen MR) is 131 cm³/mol. The first kappa shape index (κ1) is 24.4. The zero-order chi connectivity index (χ0) is 25.3. The van der Waals surface area contributed by atoms with Crippen LogP contribution in [0.25, 0.3) is 16.7 Å². The van der Waals surface area contributed by atoms with Gasteiger partial charge in [0.25, 0.3) is 0 Å². The molecule has 0 amide bonds. The van der Waals surface area contributed by atoms with E-state index in [9.17, 15) is 13.2 Å². The van der Waals surface area contributed by atoms with Crippen LogP contribution in [0.1, 0.15) is 28.7 Å². The van der Waals surface area contributed by atoms with Gasteiger partial charge in [0.2, 0.25) is 15.8 Å². The van der Waals surface area contributed by atoms with E-state index in [1.807, 2.05) is 55.7 Å². The van der Waals surface area contributed by atoms with E-state index in [1.165, 1.54) is 26.2 Å². The molecule has 0 unspecified atom stereocenters. The summed E-state index contributed by atoms with van der Waals surface area (Å²) in [6, 6.07) is 13.9. The second-order valence-corrected chi connectivity index (χ2v) is 10.3. The van der Waals surface area contributed by atoms with Crippen molar-refractivity contribution in [2.75, 3.05) is 27.3 Å². The first-order chi connectivity index (χ1) is 16.6. The van der Waals surface area contributed by atoms with Crippen molar-refractivity contribution in [3.8, 4) is 11.4 Å². The maximum atomic E-state index is 13.0. The molecule has 0 atom stereocenters. The number of aromatic nitrogens is 4. The fourth-order valence-corrected chi connectivity index (χ4v) is 4.76. The summed E-state index contributed by atoms with van der Waals surface area (Å²) in [6.45, 7) is 6.03. The molecule has 0 aliphatic heterocycles. The van der Waals surface area contributed by atoms with Crippen molar-refractivity contribution in [1.82, 2.24) is 24.0 Å². The molecule has 2 heterocycles. The Morgan fingerprint density at radius 3 is 2.43 bits per heavy atom. The molecule has 0 N–H and O–H groups in total. The van der Waals surface area contributed by atoms with Gasteiger partial charge in [-0.05, 0) is 74.5 Å². The summed E-state index contributed by atoms with van der Waals surface area (Å²) >= 11 is 0. The first-order valence-electron chi connectivity index (χ1n) is 11.0. The third-order valence-electron chi connectivity index (χ3n) is 5.62. The molecule has 0 aliphatic rings. The van der Waals surface area contributed by atoms with E-state index in [2.05, 4.69) is 10.3 Å². The van der Waals surface area contributed by atoms with Gasteiger partial charge in [0.1, 0.15) is 16.8 Å². The molecule has 2 aromatic heterocycles. The third kappa shape index (κ3) is 4.64. The van der Waals surface area contributed by atoms with Crippen LogP contribution in [0.15, 0.2) is 53.4 Å². The minimum Gasteiger partial charge on any atom is -0.494 e. The number of carbonyl (C=O) groups excluding carboxylic acids is 1. The van der Waals surface area contributed by atoms with Gasteiger partial charge >= 0.3 is 0 Å². The lowest BCUT2D eigenvalue weighted by Gasteiger charge is -2.12. The predicted octanol–water partition coefficient (Wildman–Crippen LogP) is 2.80. The van der Waals surface area contributed by atoms with E-state index in [-0.39, 0.29) is 17.3 Å². The molecule has 0 aliphatic carbocycles. The summed E-state index contributed by atoms with van der Waals surface area (Å²) in [5.74, 6) is 0.543. The number of hydrogen-bond acceptors (Lipinski definition) is 7. The second-order valence-electron chi connectivity index (χ2n) is 8.14. The van der Waals surface area contributed by atoms with Crippen LogP contribution < -0.4 is 9.57 Å². The molecule has 2 aromatic carbocycles. The molecule has 0 bridgehead atoms. The SMILES string of the molecule is CCOc1ccc(-n2c(C)cc(C(=O)COn3nnc4ccc(S(=O)(=O)N(C)C)cc43)c2C)cc1. The number of fused-ring (bicyclic) bond motifs is 1. The Morgan fingerprint density at radius 1 is 1.06 bits per heavy atom. The molecule has 184 valence electrons. The van der Waals surface area contributed by atoms with Gasteiger partial charge in [0.05, 0.1) is 11.5 Å². The molecule has 4 aromatic rings. The lowest BCUT2D eigenvalue weighted by atomic mass is 10.1. The van der Waals surface area contributed by atoms with E-state index in [1.54, 1.807) is 6.07 Å². The van der Waals surface area contributed by atoms with Crippen molar-refractivity contribution in [3.63, 3.8) is 0 Å². The number of benzene rings is 2. The van der Waals surface area contributed by atoms with Crippen LogP contribution >= 0.6 is 0 Å². The maximum absolute atomic E-state index is 13.0. The van der Waals surface area contributed by atoms with E-state index in [0.717, 1.165) is 32.0 Å². The van der Waals surface area contributed by atoms with Gasteiger partial charge in [0.15, 0.2) is 6.61 Å². The monoisotopic (exact) mass is 497 g/mol. The quantitative estimate of drug-likeness (QED) is 0.327. The lowest BCUT2D eigenvalue weighted by Crippen LogP contribution is -2.23. The van der Waals surface area contributed by atoms with Crippen molar-refractivity contribution in [2.45, 2.75) is 25.7 Å². The number of hydrogen-bond donors (Lipinski definition) is 0. The number of ketones is 1. The van der Waals surface area contributed by atoms with Crippen LogP contribution in [-0.4, -0.2) is 65.5 Å². The van der Waals surface area contributed by atoms with Gasteiger partial charge in [0, 0.05) is 36.7 Å². The van der Waals surface area contributed by atoms with Gasteiger partial charge in [-0.1, -0.05) is 4.85 Å². The lowest BCUT2D eigenvalue weighted by molar-refractivity contribution is 0.0629. The standard InChI is InChI=1S/C24H27N5O5S/c1-6-33-19-9-7-18(8-10-19)28-16(2)13-21(17(28)3)24(30)15-34-29-23-14-20(35(31,32)27(4)5)11-12-22(23)25-26-29/h7-14H,6,15H2,1-5H3. The molecule has 11 heteroatoms. The summed E-state index contributed by atoms with van der Waals surface area (Å²) in [6.07, 6.45) is 0. The topological polar surface area (TPSA) is 109 Å². The number of rotatable bonds is 9. The summed E-state index contributed by atoms with van der Waals surface area (Å²) < 4.78 is 33.6. The van der Waals surface area contributed by atoms with Crippen molar-refractivity contribution >= 4 is 26.8 Å². The van der Waals surface area contributed by atoms with Crippen LogP contribution in [0.5, 0.6) is 5.75 Å². The van der Waals surface area contributed by atoms with Crippen LogP contribution in [0.2, 0.25) is 0 Å². The summed E-state index contributed by atoms with van der Waals surface area (Å²) in [4.78, 5) is 19.8. The smallest absolute Gasteiger partial charge is 0.242 e. The molecule has 0 radical (unpaired) electrons. The molecular formula is C24H27N5O5S. The fraction of sp³-hybridized carbons (Fsp3) is 0.292. The van der Waals surface area contributed by atoms with Gasteiger partial charge in [-0.3, -0.25) is 4.79 Å². The van der Waals surface area contributed by atoms with E-state index >= 15 is 0 Å². The normalized spacial score (nSPS) is 11.8. The Balaban J connectivity index is 1.56. The highest BCUT2D eigenvalue weighted by Gasteiger charge is 2.21. The van der Waals surface area contributed by atoms with Crippen molar-refractivity contribution < 1.29 is 22.8 Å². The van der Waals surface area contributed by atoms with Crippen LogP contribution in [0, 0.1) is 13.8 Å². The number of carbonyl (C=O) groups is 1. The fourth-order valence-electron chi connectivity index (χ4n) is 3.84. The Labute approximate surface area is 203 Å². The van der Waals surface area contributed by atoms with Crippen LogP contribution in [-0.2, 0) is 10.0 Å².